The number of alkyl halides is 3. The van der Waals surface area contributed by atoms with Crippen LogP contribution in [-0.2, 0) is 23.1 Å². The number of carbonyl (C=O) groups is 1. The van der Waals surface area contributed by atoms with Crippen LogP contribution in [0.15, 0.2) is 48.9 Å². The molecule has 0 unspecified atom stereocenters. The zero-order valence-electron chi connectivity index (χ0n) is 20.9. The van der Waals surface area contributed by atoms with E-state index in [-0.39, 0.29) is 17.8 Å². The number of aromatic nitrogens is 5. The molecule has 1 amide bonds. The van der Waals surface area contributed by atoms with E-state index in [0.29, 0.717) is 42.9 Å². The molecule has 9 nitrogen and oxygen atoms in total. The third kappa shape index (κ3) is 6.25. The fraction of sp³-hybridized carbons (Fsp3) is 0.346. The minimum Gasteiger partial charge on any atom is -0.383 e. The zero-order chi connectivity index (χ0) is 27.6. The maximum Gasteiger partial charge on any atom is 0.433 e. The summed E-state index contributed by atoms with van der Waals surface area (Å²) in [5.41, 5.74) is 0.863. The minimum atomic E-state index is -4.57. The predicted molar refractivity (Wildman–Crippen MR) is 139 cm³/mol. The molecule has 4 aromatic rings. The van der Waals surface area contributed by atoms with Gasteiger partial charge >= 0.3 is 6.18 Å². The van der Waals surface area contributed by atoms with Crippen molar-refractivity contribution in [3.05, 3.63) is 70.9 Å². The highest BCUT2D eigenvalue weighted by molar-refractivity contribution is 7.15. The topological polar surface area (TPSA) is 129 Å². The Morgan fingerprint density at radius 1 is 1.18 bits per heavy atom. The molecule has 0 atom stereocenters. The van der Waals surface area contributed by atoms with Crippen LogP contribution in [0.3, 0.4) is 0 Å². The Morgan fingerprint density at radius 3 is 2.69 bits per heavy atom. The fourth-order valence-corrected chi connectivity index (χ4v) is 5.66. The van der Waals surface area contributed by atoms with Crippen molar-refractivity contribution < 1.29 is 23.1 Å². The first-order chi connectivity index (χ1) is 18.6. The van der Waals surface area contributed by atoms with Gasteiger partial charge in [-0.05, 0) is 68.0 Å². The van der Waals surface area contributed by atoms with E-state index in [0.717, 1.165) is 34.0 Å². The van der Waals surface area contributed by atoms with Crippen LogP contribution >= 0.6 is 11.3 Å². The van der Waals surface area contributed by atoms with Crippen molar-refractivity contribution in [3.8, 4) is 10.4 Å². The maximum absolute atomic E-state index is 13.0. The summed E-state index contributed by atoms with van der Waals surface area (Å²) in [6, 6.07) is 8.10. The number of benzene rings is 1. The van der Waals surface area contributed by atoms with Crippen LogP contribution in [0, 0.1) is 12.8 Å². The number of hydrogen-bond acceptors (Lipinski definition) is 8. The first-order valence-electron chi connectivity index (χ1n) is 12.3. The molecule has 0 aliphatic heterocycles. The highest BCUT2D eigenvalue weighted by atomic mass is 32.1. The summed E-state index contributed by atoms with van der Waals surface area (Å²) >= 11 is 1.36. The van der Waals surface area contributed by atoms with Crippen LogP contribution in [0.5, 0.6) is 0 Å². The summed E-state index contributed by atoms with van der Waals surface area (Å²) in [4.78, 5) is 25.3. The van der Waals surface area contributed by atoms with E-state index < -0.39 is 17.5 Å². The van der Waals surface area contributed by atoms with Gasteiger partial charge in [-0.25, -0.2) is 15.0 Å². The highest BCUT2D eigenvalue weighted by Gasteiger charge is 2.39. The monoisotopic (exact) mass is 557 g/mol. The molecule has 0 radical (unpaired) electrons. The van der Waals surface area contributed by atoms with Crippen LogP contribution < -0.4 is 10.6 Å². The van der Waals surface area contributed by atoms with Gasteiger partial charge in [-0.3, -0.25) is 9.89 Å². The molecular weight excluding hydrogens is 531 g/mol. The van der Waals surface area contributed by atoms with E-state index in [9.17, 15) is 23.1 Å². The number of halogens is 3. The summed E-state index contributed by atoms with van der Waals surface area (Å²) in [5.74, 6) is -0.391. The van der Waals surface area contributed by atoms with E-state index in [2.05, 4.69) is 35.8 Å². The van der Waals surface area contributed by atoms with Crippen LogP contribution in [0.4, 0.5) is 24.8 Å². The minimum absolute atomic E-state index is 0.0454. The lowest BCUT2D eigenvalue weighted by atomic mass is 9.78. The molecule has 1 aliphatic carbocycles. The van der Waals surface area contributed by atoms with Crippen LogP contribution in [0.25, 0.3) is 10.4 Å². The van der Waals surface area contributed by atoms with Gasteiger partial charge in [0.25, 0.3) is 0 Å². The Labute approximate surface area is 225 Å². The van der Waals surface area contributed by atoms with Crippen LogP contribution in [-0.4, -0.2) is 36.2 Å². The Balaban J connectivity index is 1.25. The molecule has 0 saturated heterocycles. The molecule has 3 heterocycles. The number of amides is 1. The van der Waals surface area contributed by atoms with Gasteiger partial charge < -0.3 is 15.7 Å². The second-order valence-electron chi connectivity index (χ2n) is 9.61. The van der Waals surface area contributed by atoms with Crippen molar-refractivity contribution in [2.45, 2.75) is 50.9 Å². The Hall–Kier alpha value is -3.84. The lowest BCUT2D eigenvalue weighted by molar-refractivity contribution is -0.141. The largest absolute Gasteiger partial charge is 0.433 e. The van der Waals surface area contributed by atoms with Crippen molar-refractivity contribution in [2.24, 2.45) is 5.92 Å². The summed E-state index contributed by atoms with van der Waals surface area (Å²) in [6.07, 6.45) is 1.70. The standard InChI is InChI=1S/C26H26F3N7O2S/c1-15-10-17(12-19(11-15)34-24-30-8-5-21(35-24)26(27,28)29)20-14-32-23(39-20)25(38)6-2-16(3-7-25)22(37)31-13-18-4-9-33-36-18/h4-5,8-12,14,16,38H,2-3,6-7,13H2,1H3,(H,31,37)(H,33,36)(H,30,34,35)/t16-,25+. The second kappa shape index (κ2) is 10.7. The molecule has 0 spiro atoms. The fourth-order valence-electron chi connectivity index (χ4n) is 4.61. The number of H-pyrrole nitrogens is 1. The SMILES string of the molecule is Cc1cc(Nc2nccc(C(F)(F)F)n2)cc(-c2cnc([C@]3(O)CC[C@@H](C(=O)NCc4ccn[nH]4)CC3)s2)c1. The Morgan fingerprint density at radius 2 is 1.97 bits per heavy atom. The molecular formula is C26H26F3N7O2S. The molecule has 204 valence electrons. The normalized spacial score (nSPS) is 19.6. The maximum atomic E-state index is 13.0. The number of aromatic amines is 1. The highest BCUT2D eigenvalue weighted by Crippen LogP contribution is 2.43. The Kier molecular flexibility index (Phi) is 7.36. The molecule has 1 saturated carbocycles. The molecule has 13 heteroatoms. The van der Waals surface area contributed by atoms with Gasteiger partial charge in [0.2, 0.25) is 11.9 Å². The number of carbonyl (C=O) groups excluding carboxylic acids is 1. The number of hydrogen-bond donors (Lipinski definition) is 4. The first-order valence-corrected chi connectivity index (χ1v) is 13.1. The van der Waals surface area contributed by atoms with Crippen molar-refractivity contribution in [1.82, 2.24) is 30.5 Å². The van der Waals surface area contributed by atoms with Gasteiger partial charge in [0, 0.05) is 30.2 Å². The molecule has 5 rings (SSSR count). The van der Waals surface area contributed by atoms with Gasteiger partial charge in [0.05, 0.1) is 17.1 Å². The van der Waals surface area contributed by atoms with Gasteiger partial charge in [0.15, 0.2) is 0 Å². The van der Waals surface area contributed by atoms with Crippen molar-refractivity contribution >= 4 is 28.9 Å². The third-order valence-corrected chi connectivity index (χ3v) is 7.90. The zero-order valence-corrected chi connectivity index (χ0v) is 21.7. The van der Waals surface area contributed by atoms with Crippen molar-refractivity contribution in [1.29, 1.82) is 0 Å². The van der Waals surface area contributed by atoms with E-state index in [1.54, 1.807) is 30.6 Å². The smallest absolute Gasteiger partial charge is 0.383 e. The average Bonchev–Trinajstić information content (AvgIpc) is 3.60. The molecule has 1 aliphatic rings. The third-order valence-electron chi connectivity index (χ3n) is 6.66. The molecule has 1 fully saturated rings. The van der Waals surface area contributed by atoms with Crippen LogP contribution in [0.1, 0.15) is 47.6 Å². The molecule has 39 heavy (non-hydrogen) atoms. The number of nitrogens with one attached hydrogen (secondary N) is 3. The number of rotatable bonds is 7. The summed E-state index contributed by atoms with van der Waals surface area (Å²) in [5, 5.41) is 24.4. The van der Waals surface area contributed by atoms with Gasteiger partial charge in [0.1, 0.15) is 16.3 Å². The number of aliphatic hydroxyl groups is 1. The number of anilines is 2. The lowest BCUT2D eigenvalue weighted by Crippen LogP contribution is -2.38. The second-order valence-corrected chi connectivity index (χ2v) is 10.6. The Bertz CT molecular complexity index is 1450. The van der Waals surface area contributed by atoms with Gasteiger partial charge in [-0.2, -0.15) is 18.3 Å². The van der Waals surface area contributed by atoms with E-state index in [1.807, 2.05) is 13.0 Å². The molecule has 3 aromatic heterocycles. The molecule has 4 N–H and O–H groups in total. The predicted octanol–water partition coefficient (Wildman–Crippen LogP) is 5.09. The van der Waals surface area contributed by atoms with Crippen molar-refractivity contribution in [3.63, 3.8) is 0 Å². The summed E-state index contributed by atoms with van der Waals surface area (Å²) < 4.78 is 39.1. The molecule has 1 aromatic carbocycles. The van der Waals surface area contributed by atoms with Gasteiger partial charge in [-0.15, -0.1) is 11.3 Å². The van der Waals surface area contributed by atoms with E-state index in [1.165, 1.54) is 11.3 Å². The average molecular weight is 558 g/mol. The van der Waals surface area contributed by atoms with E-state index in [4.69, 9.17) is 0 Å². The number of aryl methyl sites for hydroxylation is 1. The van der Waals surface area contributed by atoms with Crippen molar-refractivity contribution in [2.75, 3.05) is 5.32 Å². The lowest BCUT2D eigenvalue weighted by Gasteiger charge is -2.33. The number of thiazole rings is 1. The van der Waals surface area contributed by atoms with Crippen LogP contribution in [0.2, 0.25) is 0 Å². The quantitative estimate of drug-likeness (QED) is 0.249. The van der Waals surface area contributed by atoms with E-state index >= 15 is 0 Å². The molecule has 0 bridgehead atoms. The number of nitrogens with zero attached hydrogens (tertiary/aromatic N) is 4. The summed E-state index contributed by atoms with van der Waals surface area (Å²) in [6.45, 7) is 2.25. The summed E-state index contributed by atoms with van der Waals surface area (Å²) in [7, 11) is 0. The van der Waals surface area contributed by atoms with Gasteiger partial charge in [-0.1, -0.05) is 6.07 Å². The first kappa shape index (κ1) is 26.8.